The van der Waals surface area contributed by atoms with E-state index in [1.54, 1.807) is 43.3 Å². The molecule has 9 nitrogen and oxygen atoms in total. The fourth-order valence-corrected chi connectivity index (χ4v) is 5.00. The minimum absolute atomic E-state index is 0.100. The Morgan fingerprint density at radius 3 is 2.26 bits per heavy atom. The van der Waals surface area contributed by atoms with Crippen molar-refractivity contribution in [2.24, 2.45) is 4.99 Å². The monoisotopic (exact) mass is 565 g/mol. The van der Waals surface area contributed by atoms with Crippen LogP contribution in [0.5, 0.6) is 0 Å². The number of nitrogens with one attached hydrogen (secondary N) is 1. The molecule has 1 saturated heterocycles. The molecular weight excluding hydrogens is 542 g/mol. The van der Waals surface area contributed by atoms with Gasteiger partial charge in [-0.25, -0.2) is 14.6 Å². The summed E-state index contributed by atoms with van der Waals surface area (Å²) in [5, 5.41) is 12.0. The molecule has 1 fully saturated rings. The minimum atomic E-state index is -1.07. The molecule has 1 unspecified atom stereocenters. The molecule has 11 heteroatoms. The van der Waals surface area contributed by atoms with Crippen LogP contribution in [0.2, 0.25) is 5.02 Å². The number of aromatic carboxylic acids is 1. The number of carbonyl (C=O) groups is 4. The van der Waals surface area contributed by atoms with Crippen molar-refractivity contribution in [2.45, 2.75) is 25.1 Å². The number of carboxylic acids is 1. The van der Waals surface area contributed by atoms with Crippen LogP contribution in [0, 0.1) is 0 Å². The van der Waals surface area contributed by atoms with Crippen molar-refractivity contribution in [3.8, 4) is 0 Å². The molecule has 2 N–H and O–H groups in total. The van der Waals surface area contributed by atoms with Gasteiger partial charge in [-0.3, -0.25) is 14.5 Å². The molecule has 0 aromatic heterocycles. The predicted molar refractivity (Wildman–Crippen MR) is 150 cm³/mol. The Kier molecular flexibility index (Phi) is 9.00. The van der Waals surface area contributed by atoms with E-state index in [-0.39, 0.29) is 31.0 Å². The molecule has 2 amide bonds. The summed E-state index contributed by atoms with van der Waals surface area (Å²) in [5.74, 6) is -2.16. The smallest absolute Gasteiger partial charge is 0.338 e. The Morgan fingerprint density at radius 1 is 1.00 bits per heavy atom. The maximum atomic E-state index is 13.4. The van der Waals surface area contributed by atoms with Gasteiger partial charge in [0.1, 0.15) is 5.25 Å². The number of halogens is 1. The number of carboxylic acid groups (broad SMARTS) is 1. The Morgan fingerprint density at radius 2 is 1.64 bits per heavy atom. The van der Waals surface area contributed by atoms with Gasteiger partial charge in [0.2, 0.25) is 11.8 Å². The topological polar surface area (TPSA) is 125 Å². The largest absolute Gasteiger partial charge is 0.478 e. The third-order valence-corrected chi connectivity index (χ3v) is 7.09. The van der Waals surface area contributed by atoms with E-state index in [1.165, 1.54) is 40.9 Å². The lowest BCUT2D eigenvalue weighted by molar-refractivity contribution is -0.128. The van der Waals surface area contributed by atoms with Crippen LogP contribution in [0.4, 0.5) is 11.4 Å². The Bertz CT molecular complexity index is 1410. The van der Waals surface area contributed by atoms with Crippen LogP contribution in [0.25, 0.3) is 0 Å². The molecule has 1 aliphatic rings. The summed E-state index contributed by atoms with van der Waals surface area (Å²) in [4.78, 5) is 55.3. The molecule has 1 atom stereocenters. The highest BCUT2D eigenvalue weighted by molar-refractivity contribution is 8.15. The number of carbonyl (C=O) groups excluding carboxylic acids is 3. The zero-order chi connectivity index (χ0) is 27.9. The number of benzene rings is 3. The minimum Gasteiger partial charge on any atom is -0.478 e. The molecule has 0 spiro atoms. The lowest BCUT2D eigenvalue weighted by Gasteiger charge is -2.17. The first-order chi connectivity index (χ1) is 18.7. The van der Waals surface area contributed by atoms with Crippen molar-refractivity contribution in [3.63, 3.8) is 0 Å². The van der Waals surface area contributed by atoms with E-state index >= 15 is 0 Å². The molecule has 0 saturated carbocycles. The number of esters is 1. The number of nitrogens with zero attached hydrogens (tertiary/aromatic N) is 2. The Hall–Kier alpha value is -4.15. The van der Waals surface area contributed by atoms with Crippen LogP contribution in [-0.4, -0.2) is 50.8 Å². The van der Waals surface area contributed by atoms with E-state index in [9.17, 15) is 19.2 Å². The summed E-state index contributed by atoms with van der Waals surface area (Å²) in [6.45, 7) is 2.23. The van der Waals surface area contributed by atoms with E-state index in [4.69, 9.17) is 21.4 Å². The highest BCUT2D eigenvalue weighted by atomic mass is 35.5. The van der Waals surface area contributed by atoms with Gasteiger partial charge in [0, 0.05) is 17.1 Å². The molecule has 200 valence electrons. The van der Waals surface area contributed by atoms with Gasteiger partial charge < -0.3 is 15.2 Å². The SMILES string of the molecule is CCOC(=O)c1ccc(N=C2SC(CC(=O)Nc3ccc(C(=O)O)cc3)C(=O)N2Cc2ccc(Cl)cc2)cc1. The van der Waals surface area contributed by atoms with Crippen LogP contribution in [-0.2, 0) is 20.9 Å². The Labute approximate surface area is 233 Å². The van der Waals surface area contributed by atoms with Gasteiger partial charge in [-0.05, 0) is 73.2 Å². The van der Waals surface area contributed by atoms with Crippen LogP contribution in [0.1, 0.15) is 39.6 Å². The van der Waals surface area contributed by atoms with E-state index < -0.39 is 23.1 Å². The van der Waals surface area contributed by atoms with Gasteiger partial charge in [-0.1, -0.05) is 35.5 Å². The van der Waals surface area contributed by atoms with Gasteiger partial charge >= 0.3 is 11.9 Å². The standard InChI is InChI=1S/C28H24ClN3O6S/c1-2-38-27(37)19-7-13-22(14-8-19)31-28-32(16-17-3-9-20(29)10-4-17)25(34)23(39-28)15-24(33)30-21-11-5-18(6-12-21)26(35)36/h3-14,23H,2,15-16H2,1H3,(H,30,33)(H,35,36). The summed E-state index contributed by atoms with van der Waals surface area (Å²) in [6, 6.07) is 19.4. The summed E-state index contributed by atoms with van der Waals surface area (Å²) in [6.07, 6.45) is -0.109. The number of hydrogen-bond acceptors (Lipinski definition) is 7. The molecule has 3 aromatic rings. The van der Waals surface area contributed by atoms with Crippen molar-refractivity contribution >= 4 is 63.7 Å². The third-order valence-electron chi connectivity index (χ3n) is 5.66. The van der Waals surface area contributed by atoms with Gasteiger partial charge in [-0.2, -0.15) is 0 Å². The number of rotatable bonds is 9. The maximum absolute atomic E-state index is 13.4. The molecule has 1 aliphatic heterocycles. The molecule has 4 rings (SSSR count). The van der Waals surface area contributed by atoms with Crippen molar-refractivity contribution < 1.29 is 29.0 Å². The average Bonchev–Trinajstić information content (AvgIpc) is 3.19. The molecular formula is C28H24ClN3O6S. The van der Waals surface area contributed by atoms with Crippen LogP contribution in [0.15, 0.2) is 77.8 Å². The lowest BCUT2D eigenvalue weighted by Crippen LogP contribution is -2.33. The van der Waals surface area contributed by atoms with Crippen LogP contribution < -0.4 is 5.32 Å². The molecule has 39 heavy (non-hydrogen) atoms. The van der Waals surface area contributed by atoms with Crippen molar-refractivity contribution in [1.29, 1.82) is 0 Å². The zero-order valence-corrected chi connectivity index (χ0v) is 22.4. The number of anilines is 1. The van der Waals surface area contributed by atoms with Crippen molar-refractivity contribution in [2.75, 3.05) is 11.9 Å². The second-order valence-corrected chi connectivity index (χ2v) is 10.1. The highest BCUT2D eigenvalue weighted by Gasteiger charge is 2.39. The van der Waals surface area contributed by atoms with Crippen LogP contribution in [0.3, 0.4) is 0 Å². The van der Waals surface area contributed by atoms with E-state index in [0.29, 0.717) is 27.1 Å². The molecule has 0 aliphatic carbocycles. The van der Waals surface area contributed by atoms with E-state index in [1.807, 2.05) is 12.1 Å². The molecule has 3 aromatic carbocycles. The first-order valence-electron chi connectivity index (χ1n) is 11.9. The number of aliphatic imine (C=N–C) groups is 1. The first-order valence-corrected chi connectivity index (χ1v) is 13.2. The average molecular weight is 566 g/mol. The number of amidine groups is 1. The van der Waals surface area contributed by atoms with Gasteiger partial charge in [0.25, 0.3) is 0 Å². The number of ether oxygens (including phenoxy) is 1. The second-order valence-electron chi connectivity index (χ2n) is 8.45. The van der Waals surface area contributed by atoms with Crippen molar-refractivity contribution in [1.82, 2.24) is 4.90 Å². The first kappa shape index (κ1) is 27.9. The summed E-state index contributed by atoms with van der Waals surface area (Å²) >= 11 is 7.18. The van der Waals surface area contributed by atoms with E-state index in [0.717, 1.165) is 5.56 Å². The number of hydrogen-bond donors (Lipinski definition) is 2. The Balaban J connectivity index is 1.52. The second kappa shape index (κ2) is 12.6. The maximum Gasteiger partial charge on any atom is 0.338 e. The fraction of sp³-hybridized carbons (Fsp3) is 0.179. The third kappa shape index (κ3) is 7.24. The van der Waals surface area contributed by atoms with Gasteiger partial charge in [0.15, 0.2) is 5.17 Å². The van der Waals surface area contributed by atoms with Crippen molar-refractivity contribution in [3.05, 3.63) is 94.5 Å². The highest BCUT2D eigenvalue weighted by Crippen LogP contribution is 2.33. The quantitative estimate of drug-likeness (QED) is 0.334. The summed E-state index contributed by atoms with van der Waals surface area (Å²) < 4.78 is 5.01. The van der Waals surface area contributed by atoms with E-state index in [2.05, 4.69) is 10.3 Å². The summed E-state index contributed by atoms with van der Waals surface area (Å²) in [7, 11) is 0. The summed E-state index contributed by atoms with van der Waals surface area (Å²) in [5.41, 5.74) is 2.28. The van der Waals surface area contributed by atoms with Crippen LogP contribution >= 0.6 is 23.4 Å². The molecule has 0 radical (unpaired) electrons. The number of amides is 2. The molecule has 0 bridgehead atoms. The number of thioether (sulfide) groups is 1. The normalized spacial score (nSPS) is 15.8. The zero-order valence-electron chi connectivity index (χ0n) is 20.8. The molecule has 1 heterocycles. The van der Waals surface area contributed by atoms with Gasteiger partial charge in [0.05, 0.1) is 30.0 Å². The fourth-order valence-electron chi connectivity index (χ4n) is 3.72. The predicted octanol–water partition coefficient (Wildman–Crippen LogP) is 5.38. The lowest BCUT2D eigenvalue weighted by atomic mass is 10.2. The van der Waals surface area contributed by atoms with Gasteiger partial charge in [-0.15, -0.1) is 0 Å².